The summed E-state index contributed by atoms with van der Waals surface area (Å²) in [5.74, 6) is 1.65. The van der Waals surface area contributed by atoms with Crippen molar-refractivity contribution in [3.8, 4) is 17.2 Å². The molecule has 0 fully saturated rings. The number of benzene rings is 2. The van der Waals surface area contributed by atoms with Crippen LogP contribution in [0.3, 0.4) is 0 Å². The molecule has 7 nitrogen and oxygen atoms in total. The van der Waals surface area contributed by atoms with Gasteiger partial charge in [-0.2, -0.15) is 8.75 Å². The Labute approximate surface area is 153 Å². The van der Waals surface area contributed by atoms with E-state index in [-0.39, 0.29) is 12.7 Å². The maximum Gasteiger partial charge on any atom is 0.255 e. The lowest BCUT2D eigenvalue weighted by molar-refractivity contribution is 0.102. The Kier molecular flexibility index (Phi) is 4.40. The van der Waals surface area contributed by atoms with Gasteiger partial charge in [-0.1, -0.05) is 6.07 Å². The van der Waals surface area contributed by atoms with E-state index in [1.54, 1.807) is 42.5 Å². The van der Waals surface area contributed by atoms with Crippen molar-refractivity contribution in [3.05, 3.63) is 59.4 Å². The molecule has 26 heavy (non-hydrogen) atoms. The van der Waals surface area contributed by atoms with Gasteiger partial charge in [-0.25, -0.2) is 0 Å². The molecule has 2 aromatic carbocycles. The van der Waals surface area contributed by atoms with Crippen molar-refractivity contribution < 1.29 is 19.0 Å². The molecule has 1 N–H and O–H groups in total. The highest BCUT2D eigenvalue weighted by atomic mass is 32.1. The molecular formula is C18H15N3O4S. The molecule has 0 aliphatic carbocycles. The monoisotopic (exact) mass is 369 g/mol. The first-order valence-electron chi connectivity index (χ1n) is 7.91. The van der Waals surface area contributed by atoms with Crippen LogP contribution in [-0.2, 0) is 6.61 Å². The predicted molar refractivity (Wildman–Crippen MR) is 95.9 cm³/mol. The van der Waals surface area contributed by atoms with Crippen molar-refractivity contribution in [1.29, 1.82) is 0 Å². The van der Waals surface area contributed by atoms with Gasteiger partial charge in [0, 0.05) is 17.3 Å². The zero-order valence-corrected chi connectivity index (χ0v) is 14.7. The van der Waals surface area contributed by atoms with Crippen LogP contribution in [0.25, 0.3) is 0 Å². The minimum Gasteiger partial charge on any atom is -0.487 e. The SMILES string of the molecule is Cc1nsnc1COc1cccc(C(=O)Nc2ccc3c(c2)OCO3)c1. The molecular weight excluding hydrogens is 354 g/mol. The van der Waals surface area contributed by atoms with E-state index >= 15 is 0 Å². The van der Waals surface area contributed by atoms with Crippen LogP contribution >= 0.6 is 11.7 Å². The quantitative estimate of drug-likeness (QED) is 0.742. The summed E-state index contributed by atoms with van der Waals surface area (Å²) < 4.78 is 24.6. The molecule has 0 unspecified atom stereocenters. The largest absolute Gasteiger partial charge is 0.487 e. The molecule has 1 aliphatic rings. The molecule has 8 heteroatoms. The van der Waals surface area contributed by atoms with E-state index in [1.165, 1.54) is 0 Å². The summed E-state index contributed by atoms with van der Waals surface area (Å²) in [5, 5.41) is 2.84. The van der Waals surface area contributed by atoms with Gasteiger partial charge in [0.1, 0.15) is 18.1 Å². The van der Waals surface area contributed by atoms with Crippen LogP contribution in [0.15, 0.2) is 42.5 Å². The minimum atomic E-state index is -0.235. The lowest BCUT2D eigenvalue weighted by Crippen LogP contribution is -2.12. The molecule has 0 saturated carbocycles. The summed E-state index contributed by atoms with van der Waals surface area (Å²) in [6, 6.07) is 12.3. The fraction of sp³-hybridized carbons (Fsp3) is 0.167. The highest BCUT2D eigenvalue weighted by Gasteiger charge is 2.15. The number of amides is 1. The first-order valence-corrected chi connectivity index (χ1v) is 8.64. The number of aromatic nitrogens is 2. The second-order valence-electron chi connectivity index (χ2n) is 5.63. The number of ether oxygens (including phenoxy) is 3. The van der Waals surface area contributed by atoms with Gasteiger partial charge in [0.15, 0.2) is 11.5 Å². The Morgan fingerprint density at radius 3 is 2.92 bits per heavy atom. The van der Waals surface area contributed by atoms with Gasteiger partial charge >= 0.3 is 0 Å². The molecule has 1 aromatic heterocycles. The van der Waals surface area contributed by atoms with Crippen molar-refractivity contribution in [2.45, 2.75) is 13.5 Å². The molecule has 0 spiro atoms. The molecule has 132 valence electrons. The first-order chi connectivity index (χ1) is 12.7. The van der Waals surface area contributed by atoms with Crippen molar-refractivity contribution in [3.63, 3.8) is 0 Å². The van der Waals surface area contributed by atoms with Crippen molar-refractivity contribution >= 4 is 23.3 Å². The van der Waals surface area contributed by atoms with Crippen molar-refractivity contribution in [2.75, 3.05) is 12.1 Å². The number of hydrogen-bond donors (Lipinski definition) is 1. The zero-order valence-electron chi connectivity index (χ0n) is 13.9. The van der Waals surface area contributed by atoms with Gasteiger partial charge < -0.3 is 19.5 Å². The van der Waals surface area contributed by atoms with E-state index in [0.29, 0.717) is 35.1 Å². The van der Waals surface area contributed by atoms with Crippen LogP contribution in [-0.4, -0.2) is 21.4 Å². The molecule has 3 aromatic rings. The van der Waals surface area contributed by atoms with Crippen LogP contribution in [0, 0.1) is 6.92 Å². The highest BCUT2D eigenvalue weighted by molar-refractivity contribution is 6.99. The molecule has 1 aliphatic heterocycles. The van der Waals surface area contributed by atoms with Gasteiger partial charge in [-0.15, -0.1) is 0 Å². The van der Waals surface area contributed by atoms with Crippen molar-refractivity contribution in [2.24, 2.45) is 0 Å². The lowest BCUT2D eigenvalue weighted by Gasteiger charge is -2.09. The fourth-order valence-corrected chi connectivity index (χ4v) is 2.99. The third kappa shape index (κ3) is 3.45. The Balaban J connectivity index is 1.44. The smallest absolute Gasteiger partial charge is 0.255 e. The first kappa shape index (κ1) is 16.3. The molecule has 0 radical (unpaired) electrons. The second kappa shape index (κ2) is 7.01. The number of aryl methyl sites for hydroxylation is 1. The summed E-state index contributed by atoms with van der Waals surface area (Å²) in [4.78, 5) is 12.5. The van der Waals surface area contributed by atoms with E-state index in [0.717, 1.165) is 23.1 Å². The number of nitrogens with one attached hydrogen (secondary N) is 1. The van der Waals surface area contributed by atoms with Gasteiger partial charge in [-0.3, -0.25) is 4.79 Å². The third-order valence-electron chi connectivity index (χ3n) is 3.85. The van der Waals surface area contributed by atoms with E-state index in [9.17, 15) is 4.79 Å². The Hall–Kier alpha value is -3.13. The van der Waals surface area contributed by atoms with Crippen LogP contribution < -0.4 is 19.5 Å². The number of rotatable bonds is 5. The van der Waals surface area contributed by atoms with Crippen LogP contribution in [0.1, 0.15) is 21.7 Å². The summed E-state index contributed by atoms with van der Waals surface area (Å²) in [6.45, 7) is 2.40. The zero-order chi connectivity index (χ0) is 17.9. The number of fused-ring (bicyclic) bond motifs is 1. The molecule has 1 amide bonds. The number of nitrogens with zero attached hydrogens (tertiary/aromatic N) is 2. The second-order valence-corrected chi connectivity index (χ2v) is 6.16. The maximum absolute atomic E-state index is 12.5. The van der Waals surface area contributed by atoms with Gasteiger partial charge in [-0.05, 0) is 37.3 Å². The summed E-state index contributed by atoms with van der Waals surface area (Å²) >= 11 is 1.16. The molecule has 0 bridgehead atoms. The fourth-order valence-electron chi connectivity index (χ4n) is 2.44. The predicted octanol–water partition coefficient (Wildman–Crippen LogP) is 3.41. The summed E-state index contributed by atoms with van der Waals surface area (Å²) in [7, 11) is 0. The summed E-state index contributed by atoms with van der Waals surface area (Å²) in [6.07, 6.45) is 0. The van der Waals surface area contributed by atoms with E-state index in [1.807, 2.05) is 6.92 Å². The molecule has 2 heterocycles. The van der Waals surface area contributed by atoms with E-state index < -0.39 is 0 Å². The van der Waals surface area contributed by atoms with Gasteiger partial charge in [0.25, 0.3) is 5.91 Å². The number of anilines is 1. The molecule has 4 rings (SSSR count). The summed E-state index contributed by atoms with van der Waals surface area (Å²) in [5.41, 5.74) is 2.78. The Morgan fingerprint density at radius 2 is 2.08 bits per heavy atom. The third-order valence-corrected chi connectivity index (χ3v) is 4.51. The van der Waals surface area contributed by atoms with Crippen LogP contribution in [0.5, 0.6) is 17.2 Å². The Morgan fingerprint density at radius 1 is 1.19 bits per heavy atom. The average Bonchev–Trinajstić information content (AvgIpc) is 3.28. The van der Waals surface area contributed by atoms with Crippen LogP contribution in [0.2, 0.25) is 0 Å². The minimum absolute atomic E-state index is 0.195. The number of hydrogen-bond acceptors (Lipinski definition) is 7. The van der Waals surface area contributed by atoms with E-state index in [2.05, 4.69) is 14.1 Å². The molecule has 0 saturated heterocycles. The molecule has 0 atom stereocenters. The van der Waals surface area contributed by atoms with Gasteiger partial charge in [0.2, 0.25) is 6.79 Å². The highest BCUT2D eigenvalue weighted by Crippen LogP contribution is 2.34. The lowest BCUT2D eigenvalue weighted by atomic mass is 10.2. The standard InChI is InChI=1S/C18H15N3O4S/c1-11-15(21-26-20-11)9-23-14-4-2-3-12(7-14)18(22)19-13-5-6-16-17(8-13)25-10-24-16/h2-8H,9-10H2,1H3,(H,19,22). The number of carbonyl (C=O) groups excluding carboxylic acids is 1. The maximum atomic E-state index is 12.5. The van der Waals surface area contributed by atoms with E-state index in [4.69, 9.17) is 14.2 Å². The van der Waals surface area contributed by atoms with Gasteiger partial charge in [0.05, 0.1) is 17.4 Å². The topological polar surface area (TPSA) is 82.6 Å². The van der Waals surface area contributed by atoms with Crippen molar-refractivity contribution in [1.82, 2.24) is 8.75 Å². The normalized spacial score (nSPS) is 12.0. The van der Waals surface area contributed by atoms with Crippen LogP contribution in [0.4, 0.5) is 5.69 Å². The number of carbonyl (C=O) groups is 1. The Bertz CT molecular complexity index is 957. The average molecular weight is 369 g/mol.